The SMILES string of the molecule is CC1CCC(CNCCc2nncn2C)CC1. The van der Waals surface area contributed by atoms with Crippen LogP contribution < -0.4 is 5.32 Å². The standard InChI is InChI=1S/C13H24N4/c1-11-3-5-12(6-4-11)9-14-8-7-13-16-15-10-17(13)2/h10-12,14H,3-9H2,1-2H3. The maximum Gasteiger partial charge on any atom is 0.133 e. The van der Waals surface area contributed by atoms with Crippen molar-refractivity contribution in [2.45, 2.75) is 39.0 Å². The molecule has 0 spiro atoms. The normalized spacial score (nSPS) is 25.1. The largest absolute Gasteiger partial charge is 0.321 e. The van der Waals surface area contributed by atoms with Gasteiger partial charge < -0.3 is 9.88 Å². The fourth-order valence-corrected chi connectivity index (χ4v) is 2.57. The van der Waals surface area contributed by atoms with Crippen LogP contribution in [0.15, 0.2) is 6.33 Å². The van der Waals surface area contributed by atoms with Crippen LogP contribution in [0.25, 0.3) is 0 Å². The topological polar surface area (TPSA) is 42.7 Å². The Labute approximate surface area is 104 Å². The number of hydrogen-bond acceptors (Lipinski definition) is 3. The predicted molar refractivity (Wildman–Crippen MR) is 68.7 cm³/mol. The second kappa shape index (κ2) is 6.15. The average Bonchev–Trinajstić information content (AvgIpc) is 2.73. The van der Waals surface area contributed by atoms with E-state index in [4.69, 9.17) is 0 Å². The minimum absolute atomic E-state index is 0.894. The van der Waals surface area contributed by atoms with Gasteiger partial charge in [0.25, 0.3) is 0 Å². The highest BCUT2D eigenvalue weighted by molar-refractivity contribution is 4.85. The lowest BCUT2D eigenvalue weighted by Crippen LogP contribution is -2.28. The van der Waals surface area contributed by atoms with Crippen molar-refractivity contribution < 1.29 is 0 Å². The van der Waals surface area contributed by atoms with E-state index in [0.717, 1.165) is 30.6 Å². The zero-order chi connectivity index (χ0) is 12.1. The number of nitrogens with one attached hydrogen (secondary N) is 1. The monoisotopic (exact) mass is 236 g/mol. The molecule has 96 valence electrons. The Bertz CT molecular complexity index is 326. The van der Waals surface area contributed by atoms with Crippen molar-refractivity contribution in [2.24, 2.45) is 18.9 Å². The fourth-order valence-electron chi connectivity index (χ4n) is 2.57. The molecule has 0 aliphatic heterocycles. The van der Waals surface area contributed by atoms with Gasteiger partial charge in [0, 0.05) is 20.0 Å². The van der Waals surface area contributed by atoms with Crippen LogP contribution in [-0.2, 0) is 13.5 Å². The molecule has 17 heavy (non-hydrogen) atoms. The van der Waals surface area contributed by atoms with E-state index >= 15 is 0 Å². The number of hydrogen-bond donors (Lipinski definition) is 1. The molecule has 2 rings (SSSR count). The third-order valence-electron chi connectivity index (χ3n) is 3.90. The van der Waals surface area contributed by atoms with E-state index in [1.54, 1.807) is 6.33 Å². The first kappa shape index (κ1) is 12.6. The molecule has 0 radical (unpaired) electrons. The summed E-state index contributed by atoms with van der Waals surface area (Å²) in [7, 11) is 2.00. The molecule has 1 aliphatic carbocycles. The van der Waals surface area contributed by atoms with Crippen LogP contribution in [0.3, 0.4) is 0 Å². The minimum atomic E-state index is 0.894. The summed E-state index contributed by atoms with van der Waals surface area (Å²) in [5, 5.41) is 11.5. The maximum atomic E-state index is 4.08. The summed E-state index contributed by atoms with van der Waals surface area (Å²) >= 11 is 0. The van der Waals surface area contributed by atoms with Gasteiger partial charge in [-0.2, -0.15) is 0 Å². The first-order chi connectivity index (χ1) is 8.25. The molecule has 1 aromatic rings. The summed E-state index contributed by atoms with van der Waals surface area (Å²) in [6.07, 6.45) is 8.36. The molecule has 1 heterocycles. The smallest absolute Gasteiger partial charge is 0.133 e. The van der Waals surface area contributed by atoms with E-state index in [-0.39, 0.29) is 0 Å². The molecule has 0 saturated heterocycles. The van der Waals surface area contributed by atoms with Crippen molar-refractivity contribution in [3.05, 3.63) is 12.2 Å². The maximum absolute atomic E-state index is 4.08. The molecule has 4 heteroatoms. The summed E-state index contributed by atoms with van der Waals surface area (Å²) in [4.78, 5) is 0. The van der Waals surface area contributed by atoms with Crippen molar-refractivity contribution in [3.63, 3.8) is 0 Å². The van der Waals surface area contributed by atoms with Gasteiger partial charge in [-0.25, -0.2) is 0 Å². The molecule has 1 saturated carbocycles. The average molecular weight is 236 g/mol. The van der Waals surface area contributed by atoms with Gasteiger partial charge in [0.05, 0.1) is 0 Å². The van der Waals surface area contributed by atoms with Crippen molar-refractivity contribution in [3.8, 4) is 0 Å². The molecule has 0 aromatic carbocycles. The first-order valence-electron chi connectivity index (χ1n) is 6.79. The second-order valence-electron chi connectivity index (χ2n) is 5.44. The van der Waals surface area contributed by atoms with Crippen molar-refractivity contribution in [1.82, 2.24) is 20.1 Å². The molecule has 4 nitrogen and oxygen atoms in total. The number of aromatic nitrogens is 3. The molecule has 1 aromatic heterocycles. The molecule has 1 fully saturated rings. The van der Waals surface area contributed by atoms with Crippen LogP contribution >= 0.6 is 0 Å². The quantitative estimate of drug-likeness (QED) is 0.792. The third kappa shape index (κ3) is 3.80. The summed E-state index contributed by atoms with van der Waals surface area (Å²) in [5.41, 5.74) is 0. The highest BCUT2D eigenvalue weighted by Gasteiger charge is 2.17. The lowest BCUT2D eigenvalue weighted by Gasteiger charge is -2.26. The Kier molecular flexibility index (Phi) is 4.54. The van der Waals surface area contributed by atoms with Gasteiger partial charge in [0.15, 0.2) is 0 Å². The van der Waals surface area contributed by atoms with Crippen LogP contribution in [-0.4, -0.2) is 27.9 Å². The van der Waals surface area contributed by atoms with Crippen LogP contribution in [0.4, 0.5) is 0 Å². The van der Waals surface area contributed by atoms with E-state index in [2.05, 4.69) is 22.4 Å². The zero-order valence-electron chi connectivity index (χ0n) is 11.0. The van der Waals surface area contributed by atoms with Crippen molar-refractivity contribution >= 4 is 0 Å². The Morgan fingerprint density at radius 2 is 2.12 bits per heavy atom. The van der Waals surface area contributed by atoms with E-state index < -0.39 is 0 Å². The molecule has 1 aliphatic rings. The lowest BCUT2D eigenvalue weighted by atomic mass is 9.83. The van der Waals surface area contributed by atoms with Crippen LogP contribution in [0.5, 0.6) is 0 Å². The van der Waals surface area contributed by atoms with E-state index in [9.17, 15) is 0 Å². The molecule has 0 atom stereocenters. The summed E-state index contributed by atoms with van der Waals surface area (Å²) in [5.74, 6) is 2.91. The third-order valence-corrected chi connectivity index (χ3v) is 3.90. The minimum Gasteiger partial charge on any atom is -0.321 e. The Balaban J connectivity index is 1.59. The molecule has 0 unspecified atom stereocenters. The van der Waals surface area contributed by atoms with E-state index in [1.165, 1.54) is 32.2 Å². The van der Waals surface area contributed by atoms with Gasteiger partial charge in [0.2, 0.25) is 0 Å². The van der Waals surface area contributed by atoms with Gasteiger partial charge in [-0.3, -0.25) is 0 Å². The second-order valence-corrected chi connectivity index (χ2v) is 5.44. The highest BCUT2D eigenvalue weighted by Crippen LogP contribution is 2.27. The fraction of sp³-hybridized carbons (Fsp3) is 0.846. The van der Waals surface area contributed by atoms with Crippen LogP contribution in [0.2, 0.25) is 0 Å². The van der Waals surface area contributed by atoms with Gasteiger partial charge in [-0.1, -0.05) is 19.8 Å². The first-order valence-corrected chi connectivity index (χ1v) is 6.79. The van der Waals surface area contributed by atoms with Crippen molar-refractivity contribution in [1.29, 1.82) is 0 Å². The van der Waals surface area contributed by atoms with Gasteiger partial charge in [-0.15, -0.1) is 10.2 Å². The summed E-state index contributed by atoms with van der Waals surface area (Å²) < 4.78 is 1.99. The van der Waals surface area contributed by atoms with Crippen LogP contribution in [0, 0.1) is 11.8 Å². The predicted octanol–water partition coefficient (Wildman–Crippen LogP) is 1.77. The molecular formula is C13H24N4. The van der Waals surface area contributed by atoms with Gasteiger partial charge in [0.1, 0.15) is 12.2 Å². The zero-order valence-corrected chi connectivity index (χ0v) is 11.0. The van der Waals surface area contributed by atoms with Gasteiger partial charge >= 0.3 is 0 Å². The number of rotatable bonds is 5. The molecule has 0 bridgehead atoms. The Morgan fingerprint density at radius 3 is 2.76 bits per heavy atom. The number of nitrogens with zero attached hydrogens (tertiary/aromatic N) is 3. The molecular weight excluding hydrogens is 212 g/mol. The lowest BCUT2D eigenvalue weighted by molar-refractivity contribution is 0.282. The van der Waals surface area contributed by atoms with Gasteiger partial charge in [-0.05, 0) is 31.2 Å². The summed E-state index contributed by atoms with van der Waals surface area (Å²) in [6.45, 7) is 4.56. The molecule has 0 amide bonds. The van der Waals surface area contributed by atoms with E-state index in [1.807, 2.05) is 11.6 Å². The highest BCUT2D eigenvalue weighted by atomic mass is 15.2. The number of aryl methyl sites for hydroxylation is 1. The van der Waals surface area contributed by atoms with Crippen LogP contribution in [0.1, 0.15) is 38.4 Å². The Hall–Kier alpha value is -0.900. The molecule has 1 N–H and O–H groups in total. The summed E-state index contributed by atoms with van der Waals surface area (Å²) in [6, 6.07) is 0. The Morgan fingerprint density at radius 1 is 1.35 bits per heavy atom. The van der Waals surface area contributed by atoms with Crippen molar-refractivity contribution in [2.75, 3.05) is 13.1 Å². The van der Waals surface area contributed by atoms with E-state index in [0.29, 0.717) is 0 Å².